The lowest BCUT2D eigenvalue weighted by molar-refractivity contribution is 0.0715. The molecule has 2 heterocycles. The molecule has 1 aromatic carbocycles. The second-order valence-corrected chi connectivity index (χ2v) is 5.27. The fourth-order valence-corrected chi connectivity index (χ4v) is 2.56. The maximum atomic E-state index is 12.2. The molecule has 2 aromatic rings. The first kappa shape index (κ1) is 13.8. The molecule has 1 aromatic heterocycles. The molecule has 0 bridgehead atoms. The highest BCUT2D eigenvalue weighted by Gasteiger charge is 2.24. The van der Waals surface area contributed by atoms with Gasteiger partial charge in [-0.15, -0.1) is 0 Å². The molecule has 6 heteroatoms. The highest BCUT2D eigenvalue weighted by Crippen LogP contribution is 2.21. The van der Waals surface area contributed by atoms with E-state index in [-0.39, 0.29) is 22.6 Å². The van der Waals surface area contributed by atoms with Crippen LogP contribution in [-0.4, -0.2) is 42.1 Å². The third-order valence-electron chi connectivity index (χ3n) is 3.57. The van der Waals surface area contributed by atoms with Gasteiger partial charge in [-0.2, -0.15) is 0 Å². The number of nitrogens with zero attached hydrogens (tertiary/aromatic N) is 2. The second kappa shape index (κ2) is 5.69. The summed E-state index contributed by atoms with van der Waals surface area (Å²) in [4.78, 5) is 16.2. The molecule has 1 amide bonds. The number of halogens is 1. The van der Waals surface area contributed by atoms with Crippen LogP contribution in [0, 0.1) is 0 Å². The van der Waals surface area contributed by atoms with Crippen LogP contribution >= 0.6 is 11.6 Å². The molecule has 0 spiro atoms. The lowest BCUT2D eigenvalue weighted by atomic mass is 10.2. The van der Waals surface area contributed by atoms with Crippen LogP contribution in [0.25, 0.3) is 0 Å². The highest BCUT2D eigenvalue weighted by molar-refractivity contribution is 6.29. The molecule has 1 aliphatic heterocycles. The minimum absolute atomic E-state index is 0.132. The first-order valence-corrected chi connectivity index (χ1v) is 7.10. The Balaban J connectivity index is 1.62. The van der Waals surface area contributed by atoms with Gasteiger partial charge in [-0.3, -0.25) is 4.79 Å². The number of carbonyl (C=O) groups excluding carboxylic acids is 1. The van der Waals surface area contributed by atoms with Gasteiger partial charge in [-0.1, -0.05) is 0 Å². The lowest BCUT2D eigenvalue weighted by Gasteiger charge is -2.35. The molecule has 1 N–H and O–H groups in total. The zero-order valence-corrected chi connectivity index (χ0v) is 12.1. The van der Waals surface area contributed by atoms with Crippen molar-refractivity contribution < 1.29 is 14.3 Å². The summed E-state index contributed by atoms with van der Waals surface area (Å²) in [6.45, 7) is 2.73. The van der Waals surface area contributed by atoms with Crippen LogP contribution in [0.3, 0.4) is 0 Å². The van der Waals surface area contributed by atoms with E-state index in [0.29, 0.717) is 13.1 Å². The average Bonchev–Trinajstić information content (AvgIpc) is 2.94. The normalized spacial score (nSPS) is 15.3. The van der Waals surface area contributed by atoms with E-state index in [4.69, 9.17) is 16.0 Å². The van der Waals surface area contributed by atoms with E-state index in [1.54, 1.807) is 29.2 Å². The van der Waals surface area contributed by atoms with Crippen LogP contribution in [0.5, 0.6) is 5.75 Å². The van der Waals surface area contributed by atoms with Gasteiger partial charge in [0.1, 0.15) is 5.75 Å². The predicted molar refractivity (Wildman–Crippen MR) is 79.9 cm³/mol. The van der Waals surface area contributed by atoms with Gasteiger partial charge < -0.3 is 19.3 Å². The number of carbonyl (C=O) groups is 1. The SMILES string of the molecule is O=C(c1ccc(Cl)o1)N1CCN(c2ccc(O)cc2)CC1. The quantitative estimate of drug-likeness (QED) is 0.926. The summed E-state index contributed by atoms with van der Waals surface area (Å²) in [5.74, 6) is 0.396. The molecule has 5 nitrogen and oxygen atoms in total. The molecular formula is C15H15ClN2O3. The van der Waals surface area contributed by atoms with Crippen LogP contribution in [0.1, 0.15) is 10.6 Å². The molecule has 3 rings (SSSR count). The number of hydrogen-bond donors (Lipinski definition) is 1. The fraction of sp³-hybridized carbons (Fsp3) is 0.267. The van der Waals surface area contributed by atoms with Crippen molar-refractivity contribution in [3.05, 3.63) is 47.4 Å². The van der Waals surface area contributed by atoms with Crippen molar-refractivity contribution in [2.75, 3.05) is 31.1 Å². The number of anilines is 1. The molecule has 1 aliphatic rings. The Hall–Kier alpha value is -2.14. The molecule has 21 heavy (non-hydrogen) atoms. The van der Waals surface area contributed by atoms with Crippen LogP contribution in [0.15, 0.2) is 40.8 Å². The van der Waals surface area contributed by atoms with Crippen LogP contribution in [0.4, 0.5) is 5.69 Å². The van der Waals surface area contributed by atoms with E-state index >= 15 is 0 Å². The number of benzene rings is 1. The number of amides is 1. The molecule has 0 saturated carbocycles. The monoisotopic (exact) mass is 306 g/mol. The van der Waals surface area contributed by atoms with Gasteiger partial charge in [-0.05, 0) is 48.0 Å². The summed E-state index contributed by atoms with van der Waals surface area (Å²) in [7, 11) is 0. The van der Waals surface area contributed by atoms with Crippen molar-refractivity contribution in [2.24, 2.45) is 0 Å². The van der Waals surface area contributed by atoms with Crippen molar-refractivity contribution >= 4 is 23.2 Å². The molecule has 1 saturated heterocycles. The number of rotatable bonds is 2. The summed E-state index contributed by atoms with van der Waals surface area (Å²) < 4.78 is 5.16. The molecular weight excluding hydrogens is 292 g/mol. The summed E-state index contributed by atoms with van der Waals surface area (Å²) in [5.41, 5.74) is 1.04. The number of piperazine rings is 1. The number of hydrogen-bond acceptors (Lipinski definition) is 4. The number of phenolic OH excluding ortho intramolecular Hbond substituents is 1. The summed E-state index contributed by atoms with van der Waals surface area (Å²) in [6.07, 6.45) is 0. The van der Waals surface area contributed by atoms with Crippen LogP contribution in [0.2, 0.25) is 5.22 Å². The van der Waals surface area contributed by atoms with Crippen molar-refractivity contribution in [1.82, 2.24) is 4.90 Å². The van der Waals surface area contributed by atoms with E-state index in [2.05, 4.69) is 4.90 Å². The Kier molecular flexibility index (Phi) is 3.75. The first-order valence-electron chi connectivity index (χ1n) is 6.72. The zero-order valence-electron chi connectivity index (χ0n) is 11.3. The third kappa shape index (κ3) is 2.97. The maximum absolute atomic E-state index is 12.2. The standard InChI is InChI=1S/C15H15ClN2O3/c16-14-6-5-13(21-14)15(20)18-9-7-17(8-10-18)11-1-3-12(19)4-2-11/h1-6,19H,7-10H2. The molecule has 0 unspecified atom stereocenters. The Morgan fingerprint density at radius 1 is 1.05 bits per heavy atom. The summed E-state index contributed by atoms with van der Waals surface area (Å²) in [6, 6.07) is 10.2. The number of furan rings is 1. The molecule has 0 aliphatic carbocycles. The van der Waals surface area contributed by atoms with E-state index in [0.717, 1.165) is 18.8 Å². The van der Waals surface area contributed by atoms with Gasteiger partial charge in [0.15, 0.2) is 11.0 Å². The van der Waals surface area contributed by atoms with Crippen molar-refractivity contribution in [3.8, 4) is 5.75 Å². The van der Waals surface area contributed by atoms with E-state index in [1.165, 1.54) is 0 Å². The molecule has 110 valence electrons. The summed E-state index contributed by atoms with van der Waals surface area (Å²) >= 11 is 5.69. The summed E-state index contributed by atoms with van der Waals surface area (Å²) in [5, 5.41) is 9.53. The Morgan fingerprint density at radius 3 is 2.29 bits per heavy atom. The Morgan fingerprint density at radius 2 is 1.71 bits per heavy atom. The Labute approximate surface area is 127 Å². The van der Waals surface area contributed by atoms with Crippen molar-refractivity contribution in [3.63, 3.8) is 0 Å². The minimum Gasteiger partial charge on any atom is -0.508 e. The van der Waals surface area contributed by atoms with Gasteiger partial charge >= 0.3 is 0 Å². The minimum atomic E-state index is -0.132. The van der Waals surface area contributed by atoms with Crippen LogP contribution < -0.4 is 4.90 Å². The van der Waals surface area contributed by atoms with Crippen LogP contribution in [-0.2, 0) is 0 Å². The average molecular weight is 307 g/mol. The van der Waals surface area contributed by atoms with Gasteiger partial charge in [0.25, 0.3) is 5.91 Å². The topological polar surface area (TPSA) is 56.9 Å². The molecule has 0 radical (unpaired) electrons. The second-order valence-electron chi connectivity index (χ2n) is 4.90. The molecule has 1 fully saturated rings. The molecule has 0 atom stereocenters. The lowest BCUT2D eigenvalue weighted by Crippen LogP contribution is -2.48. The van der Waals surface area contributed by atoms with E-state index in [1.807, 2.05) is 12.1 Å². The largest absolute Gasteiger partial charge is 0.508 e. The van der Waals surface area contributed by atoms with Gasteiger partial charge in [0, 0.05) is 31.9 Å². The predicted octanol–water partition coefficient (Wildman–Crippen LogP) is 2.60. The van der Waals surface area contributed by atoms with Gasteiger partial charge in [0.2, 0.25) is 0 Å². The van der Waals surface area contributed by atoms with E-state index < -0.39 is 0 Å². The van der Waals surface area contributed by atoms with E-state index in [9.17, 15) is 9.90 Å². The van der Waals surface area contributed by atoms with Crippen molar-refractivity contribution in [1.29, 1.82) is 0 Å². The fourth-order valence-electron chi connectivity index (χ4n) is 2.42. The maximum Gasteiger partial charge on any atom is 0.289 e. The first-order chi connectivity index (χ1) is 10.1. The highest BCUT2D eigenvalue weighted by atomic mass is 35.5. The van der Waals surface area contributed by atoms with Gasteiger partial charge in [0.05, 0.1) is 0 Å². The number of phenols is 1. The number of aromatic hydroxyl groups is 1. The zero-order chi connectivity index (χ0) is 14.8. The smallest absolute Gasteiger partial charge is 0.289 e. The Bertz CT molecular complexity index is 631. The van der Waals surface area contributed by atoms with Crippen molar-refractivity contribution in [2.45, 2.75) is 0 Å². The third-order valence-corrected chi connectivity index (χ3v) is 3.77. The van der Waals surface area contributed by atoms with Gasteiger partial charge in [-0.25, -0.2) is 0 Å².